The van der Waals surface area contributed by atoms with Crippen LogP contribution in [0.25, 0.3) is 0 Å². The van der Waals surface area contributed by atoms with Crippen molar-refractivity contribution in [2.45, 2.75) is 13.0 Å². The molecule has 0 bridgehead atoms. The Kier molecular flexibility index (Phi) is 4.00. The maximum absolute atomic E-state index is 10.5. The zero-order valence-corrected chi connectivity index (χ0v) is 10.2. The molecule has 5 heteroatoms. The van der Waals surface area contributed by atoms with Gasteiger partial charge < -0.3 is 9.84 Å². The Hall–Kier alpha value is -0.490. The van der Waals surface area contributed by atoms with Gasteiger partial charge in [0.1, 0.15) is 5.75 Å². The molecule has 76 valence electrons. The van der Waals surface area contributed by atoms with Gasteiger partial charge in [0, 0.05) is 3.57 Å². The number of hydrogen-bond donors (Lipinski definition) is 1. The van der Waals surface area contributed by atoms with Crippen molar-refractivity contribution in [1.29, 1.82) is 0 Å². The average molecular weight is 327 g/mol. The molecule has 0 aliphatic heterocycles. The highest BCUT2D eigenvalue weighted by Gasteiger charge is 2.14. The quantitative estimate of drug-likeness (QED) is 0.869. The van der Waals surface area contributed by atoms with Crippen molar-refractivity contribution >= 4 is 40.2 Å². The average Bonchev–Trinajstić information content (AvgIpc) is 2.09. The lowest BCUT2D eigenvalue weighted by atomic mass is 10.3. The van der Waals surface area contributed by atoms with E-state index in [1.54, 1.807) is 18.2 Å². The summed E-state index contributed by atoms with van der Waals surface area (Å²) in [5.41, 5.74) is 0. The van der Waals surface area contributed by atoms with Gasteiger partial charge in [-0.3, -0.25) is 0 Å². The molecule has 0 radical (unpaired) electrons. The summed E-state index contributed by atoms with van der Waals surface area (Å²) in [5.74, 6) is -0.624. The summed E-state index contributed by atoms with van der Waals surface area (Å²) in [6.45, 7) is 1.45. The van der Waals surface area contributed by atoms with E-state index in [2.05, 4.69) is 22.6 Å². The van der Waals surface area contributed by atoms with E-state index < -0.39 is 12.1 Å². The molecule has 1 aromatic carbocycles. The van der Waals surface area contributed by atoms with Crippen molar-refractivity contribution in [1.82, 2.24) is 0 Å². The molecule has 0 aliphatic rings. The molecular weight excluding hydrogens is 318 g/mol. The van der Waals surface area contributed by atoms with Crippen molar-refractivity contribution in [3.8, 4) is 5.75 Å². The first kappa shape index (κ1) is 11.6. The van der Waals surface area contributed by atoms with E-state index in [9.17, 15) is 4.79 Å². The van der Waals surface area contributed by atoms with E-state index in [4.69, 9.17) is 21.4 Å². The largest absolute Gasteiger partial charge is 0.479 e. The van der Waals surface area contributed by atoms with E-state index in [-0.39, 0.29) is 0 Å². The van der Waals surface area contributed by atoms with Crippen LogP contribution in [0.3, 0.4) is 0 Å². The minimum atomic E-state index is -1.01. The highest BCUT2D eigenvalue weighted by atomic mass is 127. The minimum absolute atomic E-state index is 0.391. The summed E-state index contributed by atoms with van der Waals surface area (Å²) in [4.78, 5) is 10.5. The lowest BCUT2D eigenvalue weighted by molar-refractivity contribution is -0.144. The van der Waals surface area contributed by atoms with Gasteiger partial charge in [0.05, 0.1) is 5.02 Å². The van der Waals surface area contributed by atoms with E-state index in [0.717, 1.165) is 3.57 Å². The smallest absolute Gasteiger partial charge is 0.344 e. The summed E-state index contributed by atoms with van der Waals surface area (Å²) < 4.78 is 6.10. The number of carboxylic acids is 1. The Labute approximate surface area is 100 Å². The zero-order valence-electron chi connectivity index (χ0n) is 7.33. The second-order valence-electron chi connectivity index (χ2n) is 2.67. The maximum atomic E-state index is 10.5. The first-order chi connectivity index (χ1) is 6.50. The van der Waals surface area contributed by atoms with E-state index in [0.29, 0.717) is 10.8 Å². The van der Waals surface area contributed by atoms with Crippen LogP contribution >= 0.6 is 34.2 Å². The van der Waals surface area contributed by atoms with Gasteiger partial charge in [-0.05, 0) is 47.7 Å². The fourth-order valence-corrected chi connectivity index (χ4v) is 1.71. The third kappa shape index (κ3) is 3.02. The van der Waals surface area contributed by atoms with Crippen molar-refractivity contribution in [2.75, 3.05) is 0 Å². The van der Waals surface area contributed by atoms with Gasteiger partial charge in [-0.2, -0.15) is 0 Å². The van der Waals surface area contributed by atoms with Gasteiger partial charge in [0.25, 0.3) is 0 Å². The number of carbonyl (C=O) groups is 1. The zero-order chi connectivity index (χ0) is 10.7. The van der Waals surface area contributed by atoms with Crippen LogP contribution in [0.2, 0.25) is 5.02 Å². The van der Waals surface area contributed by atoms with E-state index in [1.807, 2.05) is 0 Å². The Morgan fingerprint density at radius 3 is 2.79 bits per heavy atom. The number of halogens is 2. The summed E-state index contributed by atoms with van der Waals surface area (Å²) in [6.07, 6.45) is -0.896. The van der Waals surface area contributed by atoms with Crippen LogP contribution in [0.1, 0.15) is 6.92 Å². The third-order valence-electron chi connectivity index (χ3n) is 1.55. The molecule has 0 saturated carbocycles. The van der Waals surface area contributed by atoms with Crippen LogP contribution in [0, 0.1) is 3.57 Å². The lowest BCUT2D eigenvalue weighted by Crippen LogP contribution is -2.22. The Morgan fingerprint density at radius 2 is 2.29 bits per heavy atom. The van der Waals surface area contributed by atoms with Gasteiger partial charge in [-0.1, -0.05) is 11.6 Å². The summed E-state index contributed by atoms with van der Waals surface area (Å²) >= 11 is 7.97. The van der Waals surface area contributed by atoms with Crippen LogP contribution in [0.4, 0.5) is 0 Å². The molecule has 0 unspecified atom stereocenters. The molecule has 0 fully saturated rings. The first-order valence-corrected chi connectivity index (χ1v) is 5.31. The summed E-state index contributed by atoms with van der Waals surface area (Å²) in [5, 5.41) is 9.04. The first-order valence-electron chi connectivity index (χ1n) is 3.85. The standard InChI is InChI=1S/C9H8ClIO3/c1-5(9(12)13)14-8-3-2-6(11)4-7(8)10/h2-5H,1H3,(H,12,13)/t5-/m0/s1. The van der Waals surface area contributed by atoms with Gasteiger partial charge in [-0.15, -0.1) is 0 Å². The Balaban J connectivity index is 2.82. The number of hydrogen-bond acceptors (Lipinski definition) is 2. The van der Waals surface area contributed by atoms with Crippen LogP contribution < -0.4 is 4.74 Å². The number of aliphatic carboxylic acids is 1. The topological polar surface area (TPSA) is 46.5 Å². The van der Waals surface area contributed by atoms with Gasteiger partial charge in [0.15, 0.2) is 6.10 Å². The predicted molar refractivity (Wildman–Crippen MR) is 61.9 cm³/mol. The van der Waals surface area contributed by atoms with E-state index in [1.165, 1.54) is 6.92 Å². The van der Waals surface area contributed by atoms with Crippen LogP contribution in [0.15, 0.2) is 18.2 Å². The normalized spacial score (nSPS) is 12.2. The van der Waals surface area contributed by atoms with Gasteiger partial charge in [-0.25, -0.2) is 4.79 Å². The summed E-state index contributed by atoms with van der Waals surface area (Å²) in [6, 6.07) is 5.17. The molecule has 0 heterocycles. The van der Waals surface area contributed by atoms with Crippen LogP contribution in [0.5, 0.6) is 5.75 Å². The molecule has 3 nitrogen and oxygen atoms in total. The van der Waals surface area contributed by atoms with Gasteiger partial charge >= 0.3 is 5.97 Å². The fraction of sp³-hybridized carbons (Fsp3) is 0.222. The minimum Gasteiger partial charge on any atom is -0.479 e. The van der Waals surface area contributed by atoms with E-state index >= 15 is 0 Å². The second-order valence-corrected chi connectivity index (χ2v) is 4.33. The predicted octanol–water partition coefficient (Wildman–Crippen LogP) is 2.80. The molecule has 1 aromatic rings. The molecule has 1 rings (SSSR count). The Morgan fingerprint density at radius 1 is 1.64 bits per heavy atom. The third-order valence-corrected chi connectivity index (χ3v) is 2.51. The Bertz CT molecular complexity index is 354. The second kappa shape index (κ2) is 4.84. The summed E-state index contributed by atoms with van der Waals surface area (Å²) in [7, 11) is 0. The highest BCUT2D eigenvalue weighted by Crippen LogP contribution is 2.26. The molecule has 0 spiro atoms. The van der Waals surface area contributed by atoms with Crippen molar-refractivity contribution < 1.29 is 14.6 Å². The molecule has 0 amide bonds. The SMILES string of the molecule is C[C@H](Oc1ccc(I)cc1Cl)C(=O)O. The van der Waals surface area contributed by atoms with Crippen molar-refractivity contribution in [2.24, 2.45) is 0 Å². The van der Waals surface area contributed by atoms with Crippen LogP contribution in [-0.4, -0.2) is 17.2 Å². The molecule has 1 N–H and O–H groups in total. The fourth-order valence-electron chi connectivity index (χ4n) is 0.812. The van der Waals surface area contributed by atoms with Crippen LogP contribution in [-0.2, 0) is 4.79 Å². The van der Waals surface area contributed by atoms with Crippen molar-refractivity contribution in [3.63, 3.8) is 0 Å². The number of ether oxygens (including phenoxy) is 1. The molecule has 14 heavy (non-hydrogen) atoms. The maximum Gasteiger partial charge on any atom is 0.344 e. The highest BCUT2D eigenvalue weighted by molar-refractivity contribution is 14.1. The number of carboxylic acid groups (broad SMARTS) is 1. The number of rotatable bonds is 3. The molecule has 0 saturated heterocycles. The lowest BCUT2D eigenvalue weighted by Gasteiger charge is -2.11. The van der Waals surface area contributed by atoms with Gasteiger partial charge in [0.2, 0.25) is 0 Å². The molecule has 0 aromatic heterocycles. The molecule has 0 aliphatic carbocycles. The molecule has 1 atom stereocenters. The molecular formula is C9H8ClIO3. The van der Waals surface area contributed by atoms with Crippen molar-refractivity contribution in [3.05, 3.63) is 26.8 Å². The number of benzene rings is 1. The monoisotopic (exact) mass is 326 g/mol.